The number of methoxy groups -OCH3 is 1. The second-order valence-electron chi connectivity index (χ2n) is 5.56. The zero-order valence-corrected chi connectivity index (χ0v) is 11.4. The molecule has 0 aromatic rings. The highest BCUT2D eigenvalue weighted by Crippen LogP contribution is 2.36. The number of hydrogen-bond donors (Lipinski definition) is 1. The van der Waals surface area contributed by atoms with Gasteiger partial charge in [-0.15, -0.1) is 0 Å². The molecule has 1 heterocycles. The Morgan fingerprint density at radius 1 is 1.42 bits per heavy atom. The van der Waals surface area contributed by atoms with Gasteiger partial charge in [0.1, 0.15) is 12.1 Å². The molecule has 1 aliphatic heterocycles. The molecule has 106 valence electrons. The third-order valence-electron chi connectivity index (χ3n) is 4.01. The largest absolute Gasteiger partial charge is 0.377 e. The molecule has 2 fully saturated rings. The lowest BCUT2D eigenvalue weighted by Crippen LogP contribution is -2.49. The molecule has 6 heteroatoms. The van der Waals surface area contributed by atoms with E-state index in [0.29, 0.717) is 18.8 Å². The molecule has 2 rings (SSSR count). The number of rotatable bonds is 4. The highest BCUT2D eigenvalue weighted by atomic mass is 16.5. The van der Waals surface area contributed by atoms with Crippen molar-refractivity contribution in [2.75, 3.05) is 20.3 Å². The van der Waals surface area contributed by atoms with Gasteiger partial charge in [0, 0.05) is 7.11 Å². The van der Waals surface area contributed by atoms with E-state index in [2.05, 4.69) is 12.2 Å². The molecule has 3 amide bonds. The molecular formula is C13H20N2O4. The van der Waals surface area contributed by atoms with E-state index in [1.807, 2.05) is 0 Å². The van der Waals surface area contributed by atoms with Gasteiger partial charge in [-0.25, -0.2) is 4.79 Å². The molecule has 0 aromatic heterocycles. The summed E-state index contributed by atoms with van der Waals surface area (Å²) in [4.78, 5) is 36.8. The van der Waals surface area contributed by atoms with Crippen LogP contribution >= 0.6 is 0 Å². The summed E-state index contributed by atoms with van der Waals surface area (Å²) in [6.45, 7) is 1.87. The molecule has 0 atom stereocenters. The Balaban J connectivity index is 2.06. The predicted octanol–water partition coefficient (Wildman–Crippen LogP) is 0.703. The number of carbonyl (C=O) groups is 3. The van der Waals surface area contributed by atoms with Crippen molar-refractivity contribution >= 4 is 17.7 Å². The van der Waals surface area contributed by atoms with Crippen LogP contribution in [0.4, 0.5) is 4.79 Å². The van der Waals surface area contributed by atoms with E-state index in [4.69, 9.17) is 4.74 Å². The van der Waals surface area contributed by atoms with Gasteiger partial charge in [0.2, 0.25) is 0 Å². The van der Waals surface area contributed by atoms with Gasteiger partial charge in [-0.05, 0) is 31.6 Å². The van der Waals surface area contributed by atoms with Gasteiger partial charge in [0.15, 0.2) is 5.78 Å². The smallest absolute Gasteiger partial charge is 0.325 e. The van der Waals surface area contributed by atoms with Gasteiger partial charge in [-0.3, -0.25) is 14.5 Å². The van der Waals surface area contributed by atoms with Crippen LogP contribution in [0.3, 0.4) is 0 Å². The highest BCUT2D eigenvalue weighted by Gasteiger charge is 2.52. The minimum absolute atomic E-state index is 0.0822. The van der Waals surface area contributed by atoms with Crippen molar-refractivity contribution in [1.29, 1.82) is 0 Å². The normalized spacial score (nSPS) is 30.8. The maximum absolute atomic E-state index is 12.4. The van der Waals surface area contributed by atoms with E-state index >= 15 is 0 Å². The van der Waals surface area contributed by atoms with E-state index < -0.39 is 11.6 Å². The molecule has 0 radical (unpaired) electrons. The van der Waals surface area contributed by atoms with Crippen molar-refractivity contribution in [2.24, 2.45) is 5.92 Å². The Kier molecular flexibility index (Phi) is 3.89. The number of carbonyl (C=O) groups excluding carboxylic acids is 3. The van der Waals surface area contributed by atoms with Crippen LogP contribution in [-0.4, -0.2) is 48.4 Å². The Morgan fingerprint density at radius 3 is 2.63 bits per heavy atom. The summed E-state index contributed by atoms with van der Waals surface area (Å²) in [5, 5.41) is 2.78. The SMILES string of the molecule is COCC(=O)CN1C(=O)NC2(CCC(C)CC2)C1=O. The fraction of sp³-hybridized carbons (Fsp3) is 0.769. The van der Waals surface area contributed by atoms with Crippen LogP contribution in [0.5, 0.6) is 0 Å². The molecule has 6 nitrogen and oxygen atoms in total. The van der Waals surface area contributed by atoms with Crippen molar-refractivity contribution in [3.8, 4) is 0 Å². The van der Waals surface area contributed by atoms with Crippen LogP contribution in [-0.2, 0) is 14.3 Å². The van der Waals surface area contributed by atoms with Crippen LogP contribution in [0.15, 0.2) is 0 Å². The summed E-state index contributed by atoms with van der Waals surface area (Å²) >= 11 is 0. The average Bonchev–Trinajstić information content (AvgIpc) is 2.59. The zero-order chi connectivity index (χ0) is 14.0. The standard InChI is InChI=1S/C13H20N2O4/c1-9-3-5-13(6-4-9)11(17)15(12(18)14-13)7-10(16)8-19-2/h9H,3-8H2,1-2H3,(H,14,18). The van der Waals surface area contributed by atoms with Gasteiger partial charge in [-0.2, -0.15) is 0 Å². The first-order valence-electron chi connectivity index (χ1n) is 6.63. The summed E-state index contributed by atoms with van der Waals surface area (Å²) in [7, 11) is 1.41. The van der Waals surface area contributed by atoms with Gasteiger partial charge in [0.05, 0.1) is 6.54 Å². The molecule has 0 aromatic carbocycles. The first kappa shape index (κ1) is 14.0. The number of urea groups is 1. The van der Waals surface area contributed by atoms with E-state index in [0.717, 1.165) is 17.7 Å². The Labute approximate surface area is 112 Å². The topological polar surface area (TPSA) is 75.7 Å². The minimum atomic E-state index is -0.767. The van der Waals surface area contributed by atoms with Crippen LogP contribution < -0.4 is 5.32 Å². The maximum Gasteiger partial charge on any atom is 0.325 e. The molecule has 1 saturated carbocycles. The third-order valence-corrected chi connectivity index (χ3v) is 4.01. The van der Waals surface area contributed by atoms with Crippen molar-refractivity contribution in [2.45, 2.75) is 38.1 Å². The van der Waals surface area contributed by atoms with Crippen LogP contribution in [0.1, 0.15) is 32.6 Å². The summed E-state index contributed by atoms with van der Waals surface area (Å²) in [6, 6.07) is -0.455. The molecular weight excluding hydrogens is 248 g/mol. The summed E-state index contributed by atoms with van der Waals surface area (Å²) in [5.41, 5.74) is -0.767. The molecule has 19 heavy (non-hydrogen) atoms. The zero-order valence-electron chi connectivity index (χ0n) is 11.4. The second-order valence-corrected chi connectivity index (χ2v) is 5.56. The van der Waals surface area contributed by atoms with Gasteiger partial charge in [-0.1, -0.05) is 6.92 Å². The molecule has 0 bridgehead atoms. The number of imide groups is 1. The number of ether oxygens (including phenoxy) is 1. The van der Waals surface area contributed by atoms with E-state index in [1.165, 1.54) is 7.11 Å². The second kappa shape index (κ2) is 5.28. The quantitative estimate of drug-likeness (QED) is 0.762. The molecule has 1 spiro atoms. The number of hydrogen-bond acceptors (Lipinski definition) is 4. The third kappa shape index (κ3) is 2.63. The van der Waals surface area contributed by atoms with Crippen molar-refractivity contribution < 1.29 is 19.1 Å². The predicted molar refractivity (Wildman–Crippen MR) is 67.5 cm³/mol. The summed E-state index contributed by atoms with van der Waals surface area (Å²) < 4.78 is 4.72. The van der Waals surface area contributed by atoms with Crippen molar-refractivity contribution in [1.82, 2.24) is 10.2 Å². The van der Waals surface area contributed by atoms with E-state index in [9.17, 15) is 14.4 Å². The maximum atomic E-state index is 12.4. The minimum Gasteiger partial charge on any atom is -0.377 e. The Bertz CT molecular complexity index is 399. The lowest BCUT2D eigenvalue weighted by Gasteiger charge is -2.33. The number of nitrogens with zero attached hydrogens (tertiary/aromatic N) is 1. The number of nitrogens with one attached hydrogen (secondary N) is 1. The van der Waals surface area contributed by atoms with Crippen molar-refractivity contribution in [3.63, 3.8) is 0 Å². The Hall–Kier alpha value is -1.43. The van der Waals surface area contributed by atoms with Crippen molar-refractivity contribution in [3.05, 3.63) is 0 Å². The van der Waals surface area contributed by atoms with Crippen LogP contribution in [0.2, 0.25) is 0 Å². The number of Topliss-reactive ketones (excluding diaryl/α,β-unsaturated/α-hetero) is 1. The molecule has 0 unspecified atom stereocenters. The molecule has 2 aliphatic rings. The van der Waals surface area contributed by atoms with Gasteiger partial charge in [0.25, 0.3) is 5.91 Å². The summed E-state index contributed by atoms with van der Waals surface area (Å²) in [6.07, 6.45) is 3.17. The molecule has 1 N–H and O–H groups in total. The lowest BCUT2D eigenvalue weighted by molar-refractivity contribution is -0.136. The molecule has 1 aliphatic carbocycles. The van der Waals surface area contributed by atoms with E-state index in [1.54, 1.807) is 0 Å². The average molecular weight is 268 g/mol. The molecule has 1 saturated heterocycles. The first-order chi connectivity index (χ1) is 8.98. The fourth-order valence-corrected chi connectivity index (χ4v) is 2.80. The fourth-order valence-electron chi connectivity index (χ4n) is 2.80. The first-order valence-corrected chi connectivity index (χ1v) is 6.63. The van der Waals surface area contributed by atoms with Crippen LogP contribution in [0.25, 0.3) is 0 Å². The van der Waals surface area contributed by atoms with Crippen LogP contribution in [0, 0.1) is 5.92 Å². The lowest BCUT2D eigenvalue weighted by atomic mass is 9.77. The summed E-state index contributed by atoms with van der Waals surface area (Å²) in [5.74, 6) is 0.0561. The number of amides is 3. The van der Waals surface area contributed by atoms with Gasteiger partial charge >= 0.3 is 6.03 Å². The van der Waals surface area contributed by atoms with Gasteiger partial charge < -0.3 is 10.1 Å². The monoisotopic (exact) mass is 268 g/mol. The van der Waals surface area contributed by atoms with E-state index in [-0.39, 0.29) is 24.8 Å². The number of ketones is 1. The highest BCUT2D eigenvalue weighted by molar-refractivity contribution is 6.09. The Morgan fingerprint density at radius 2 is 2.05 bits per heavy atom.